The summed E-state index contributed by atoms with van der Waals surface area (Å²) in [6.07, 6.45) is 6.26. The van der Waals surface area contributed by atoms with Crippen molar-refractivity contribution in [3.05, 3.63) is 64.1 Å². The Morgan fingerprint density at radius 1 is 1.14 bits per heavy atom. The summed E-state index contributed by atoms with van der Waals surface area (Å²) in [7, 11) is 0. The van der Waals surface area contributed by atoms with Crippen molar-refractivity contribution < 1.29 is 14.6 Å². The third-order valence-electron chi connectivity index (χ3n) is 7.38. The molecule has 3 aromatic rings. The largest absolute Gasteiger partial charge is 0.483 e. The van der Waals surface area contributed by atoms with Crippen LogP contribution in [0.25, 0.3) is 11.2 Å². The fraction of sp³-hybridized carbons (Fsp3) is 0.444. The number of halogens is 1. The highest BCUT2D eigenvalue weighted by molar-refractivity contribution is 6.30. The first-order valence-electron chi connectivity index (χ1n) is 12.7. The van der Waals surface area contributed by atoms with Crippen LogP contribution in [0.3, 0.4) is 0 Å². The first kappa shape index (κ1) is 23.5. The zero-order valence-corrected chi connectivity index (χ0v) is 21.0. The number of aliphatic hydroxyl groups is 1. The van der Waals surface area contributed by atoms with Gasteiger partial charge < -0.3 is 15.2 Å². The summed E-state index contributed by atoms with van der Waals surface area (Å²) in [5.74, 6) is 0.704. The van der Waals surface area contributed by atoms with E-state index in [1.165, 1.54) is 0 Å². The van der Waals surface area contributed by atoms with Gasteiger partial charge in [0.15, 0.2) is 12.3 Å². The minimum atomic E-state index is -0.958. The van der Waals surface area contributed by atoms with Crippen LogP contribution in [0.4, 0.5) is 0 Å². The van der Waals surface area contributed by atoms with Gasteiger partial charge in [-0.3, -0.25) is 9.69 Å². The summed E-state index contributed by atoms with van der Waals surface area (Å²) in [5.41, 5.74) is 5.35. The molecule has 0 radical (unpaired) electrons. The van der Waals surface area contributed by atoms with Gasteiger partial charge in [-0.15, -0.1) is 0 Å². The molecule has 188 valence electrons. The smallest absolute Gasteiger partial charge is 0.258 e. The maximum atomic E-state index is 12.5. The number of aromatic nitrogens is 3. The van der Waals surface area contributed by atoms with Crippen molar-refractivity contribution in [2.24, 2.45) is 0 Å². The van der Waals surface area contributed by atoms with Gasteiger partial charge in [-0.05, 0) is 62.4 Å². The molecule has 9 heteroatoms. The Labute approximate surface area is 214 Å². The van der Waals surface area contributed by atoms with E-state index in [0.29, 0.717) is 35.3 Å². The molecule has 0 spiro atoms. The van der Waals surface area contributed by atoms with Crippen LogP contribution in [0.15, 0.2) is 36.4 Å². The molecule has 1 saturated carbocycles. The summed E-state index contributed by atoms with van der Waals surface area (Å²) in [6.45, 7) is 2.97. The van der Waals surface area contributed by atoms with Crippen LogP contribution in [0, 0.1) is 0 Å². The predicted molar refractivity (Wildman–Crippen MR) is 137 cm³/mol. The standard InChI is InChI=1S/C27H30ClN5O3/c1-16-9-10-29-26(34)15-36-24-8-7-18(28)12-19(24)27(35)32-11-3-2-4-22(32)21-14-25-30-20(17-5-6-17)13-23(16)33(25)31-21/h7-9,12-14,17,22,27,35H,2-6,10-11,15H2,1H3,(H,29,34)/b16-9+/t22-,27?/m0/s1. The molecule has 8 nitrogen and oxygen atoms in total. The van der Waals surface area contributed by atoms with E-state index in [-0.39, 0.29) is 18.6 Å². The molecule has 2 aromatic heterocycles. The number of hydrogen-bond acceptors (Lipinski definition) is 6. The van der Waals surface area contributed by atoms with Crippen molar-refractivity contribution in [2.75, 3.05) is 19.7 Å². The third kappa shape index (κ3) is 4.49. The SMILES string of the molecule is C/C1=C\CNC(=O)COc2ccc(Cl)cc2C(O)N2CCCC[C@H]2c2cc3nc(C4CC4)cc1n3n2. The highest BCUT2D eigenvalue weighted by atomic mass is 35.5. The Balaban J connectivity index is 1.49. The second kappa shape index (κ2) is 9.50. The lowest BCUT2D eigenvalue weighted by atomic mass is 9.97. The Bertz CT molecular complexity index is 1350. The lowest BCUT2D eigenvalue weighted by molar-refractivity contribution is -0.122. The average Bonchev–Trinajstić information content (AvgIpc) is 3.65. The van der Waals surface area contributed by atoms with E-state index in [9.17, 15) is 9.90 Å². The molecule has 1 unspecified atom stereocenters. The van der Waals surface area contributed by atoms with Crippen LogP contribution in [-0.2, 0) is 4.79 Å². The van der Waals surface area contributed by atoms with E-state index >= 15 is 0 Å². The van der Waals surface area contributed by atoms with Crippen LogP contribution in [-0.4, -0.2) is 50.2 Å². The van der Waals surface area contributed by atoms with Gasteiger partial charge in [0.2, 0.25) is 0 Å². The normalized spacial score (nSPS) is 25.0. The topological polar surface area (TPSA) is 92.0 Å². The van der Waals surface area contributed by atoms with Crippen LogP contribution >= 0.6 is 11.6 Å². The minimum Gasteiger partial charge on any atom is -0.483 e. The second-order valence-corrected chi connectivity index (χ2v) is 10.4. The van der Waals surface area contributed by atoms with E-state index in [2.05, 4.69) is 22.3 Å². The van der Waals surface area contributed by atoms with E-state index in [1.54, 1.807) is 18.2 Å². The van der Waals surface area contributed by atoms with Gasteiger partial charge in [-0.2, -0.15) is 5.10 Å². The number of carbonyl (C=O) groups excluding carboxylic acids is 1. The Morgan fingerprint density at radius 2 is 2.00 bits per heavy atom. The number of nitrogens with one attached hydrogen (secondary N) is 1. The average molecular weight is 508 g/mol. The van der Waals surface area contributed by atoms with E-state index in [4.69, 9.17) is 26.4 Å². The molecular weight excluding hydrogens is 478 g/mol. The van der Waals surface area contributed by atoms with E-state index in [0.717, 1.165) is 60.4 Å². The summed E-state index contributed by atoms with van der Waals surface area (Å²) >= 11 is 6.31. The molecule has 2 atom stereocenters. The molecule has 2 aliphatic heterocycles. The Morgan fingerprint density at radius 3 is 2.83 bits per heavy atom. The molecular formula is C27H30ClN5O3. The molecule has 1 amide bonds. The molecule has 36 heavy (non-hydrogen) atoms. The zero-order valence-electron chi connectivity index (χ0n) is 20.3. The predicted octanol–water partition coefficient (Wildman–Crippen LogP) is 4.39. The number of allylic oxidation sites excluding steroid dienone is 1. The number of amides is 1. The number of ether oxygens (including phenoxy) is 1. The van der Waals surface area contributed by atoms with E-state index < -0.39 is 6.23 Å². The van der Waals surface area contributed by atoms with Crippen molar-refractivity contribution in [1.29, 1.82) is 0 Å². The first-order chi connectivity index (χ1) is 17.5. The zero-order chi connectivity index (χ0) is 24.8. The van der Waals surface area contributed by atoms with Crippen molar-refractivity contribution in [3.8, 4) is 5.75 Å². The number of piperidine rings is 1. The van der Waals surface area contributed by atoms with Gasteiger partial charge in [-0.1, -0.05) is 24.1 Å². The van der Waals surface area contributed by atoms with Gasteiger partial charge in [0, 0.05) is 41.4 Å². The first-order valence-corrected chi connectivity index (χ1v) is 13.1. The van der Waals surface area contributed by atoms with Crippen molar-refractivity contribution in [2.45, 2.75) is 57.2 Å². The lowest BCUT2D eigenvalue weighted by Crippen LogP contribution is -2.37. The fourth-order valence-electron chi connectivity index (χ4n) is 5.26. The molecule has 1 aliphatic carbocycles. The molecule has 2 N–H and O–H groups in total. The molecule has 4 heterocycles. The summed E-state index contributed by atoms with van der Waals surface area (Å²) in [4.78, 5) is 19.5. The van der Waals surface area contributed by atoms with Crippen LogP contribution in [0.5, 0.6) is 5.75 Å². The van der Waals surface area contributed by atoms with Crippen molar-refractivity contribution >= 4 is 28.7 Å². The number of rotatable bonds is 1. The van der Waals surface area contributed by atoms with Gasteiger partial charge in [-0.25, -0.2) is 9.50 Å². The maximum absolute atomic E-state index is 12.5. The van der Waals surface area contributed by atoms with Crippen LogP contribution in [0.2, 0.25) is 5.02 Å². The number of aliphatic hydroxyl groups excluding tert-OH is 1. The number of nitrogens with zero attached hydrogens (tertiary/aromatic N) is 4. The summed E-state index contributed by atoms with van der Waals surface area (Å²) in [5, 5.41) is 20.0. The Kier molecular flexibility index (Phi) is 6.19. The highest BCUT2D eigenvalue weighted by Gasteiger charge is 2.34. The molecule has 2 fully saturated rings. The van der Waals surface area contributed by atoms with Gasteiger partial charge in [0.25, 0.3) is 5.91 Å². The maximum Gasteiger partial charge on any atom is 0.258 e. The van der Waals surface area contributed by atoms with Crippen LogP contribution in [0.1, 0.15) is 79.9 Å². The summed E-state index contributed by atoms with van der Waals surface area (Å²) < 4.78 is 7.76. The van der Waals surface area contributed by atoms with Crippen molar-refractivity contribution in [3.63, 3.8) is 0 Å². The molecule has 6 rings (SSSR count). The monoisotopic (exact) mass is 507 g/mol. The summed E-state index contributed by atoms with van der Waals surface area (Å²) in [6, 6.07) is 9.24. The number of fused-ring (bicyclic) bond motifs is 4. The molecule has 1 saturated heterocycles. The van der Waals surface area contributed by atoms with E-state index in [1.807, 2.05) is 17.5 Å². The highest BCUT2D eigenvalue weighted by Crippen LogP contribution is 2.42. The number of hydrogen-bond donors (Lipinski definition) is 2. The number of benzene rings is 1. The Hall–Kier alpha value is -2.94. The van der Waals surface area contributed by atoms with Crippen molar-refractivity contribution in [1.82, 2.24) is 24.8 Å². The van der Waals surface area contributed by atoms with Gasteiger partial charge in [0.05, 0.1) is 17.4 Å². The minimum absolute atomic E-state index is 0.0833. The quantitative estimate of drug-likeness (QED) is 0.507. The second-order valence-electron chi connectivity index (χ2n) is 9.96. The molecule has 2 bridgehead atoms. The third-order valence-corrected chi connectivity index (χ3v) is 7.62. The van der Waals surface area contributed by atoms with Crippen LogP contribution < -0.4 is 10.1 Å². The van der Waals surface area contributed by atoms with Gasteiger partial charge in [0.1, 0.15) is 12.0 Å². The molecule has 3 aliphatic rings. The number of carbonyl (C=O) groups is 1. The lowest BCUT2D eigenvalue weighted by Gasteiger charge is -2.38. The fourth-order valence-corrected chi connectivity index (χ4v) is 5.44. The molecule has 1 aromatic carbocycles. The van der Waals surface area contributed by atoms with Gasteiger partial charge >= 0.3 is 0 Å².